The Balaban J connectivity index is 0. The number of esters is 1. The molecule has 1 atom stereocenters. The zero-order valence-electron chi connectivity index (χ0n) is 16.4. The van der Waals surface area contributed by atoms with Crippen molar-refractivity contribution in [3.8, 4) is 0 Å². The average Bonchev–Trinajstić information content (AvgIpc) is 2.57. The van der Waals surface area contributed by atoms with Crippen molar-refractivity contribution in [2.24, 2.45) is 0 Å². The Morgan fingerprint density at radius 2 is 1.04 bits per heavy atom. The van der Waals surface area contributed by atoms with Crippen molar-refractivity contribution in [2.75, 3.05) is 6.61 Å². The van der Waals surface area contributed by atoms with Crippen LogP contribution in [-0.4, -0.2) is 92.7 Å². The number of unbranched alkanes of at least 4 members (excludes halogenated alkanes) is 15. The van der Waals surface area contributed by atoms with Gasteiger partial charge < -0.3 is 9.84 Å². The van der Waals surface area contributed by atoms with Crippen molar-refractivity contribution in [1.82, 2.24) is 0 Å². The molecule has 0 rings (SSSR count). The Morgan fingerprint density at radius 1 is 0.720 bits per heavy atom. The molecule has 0 aromatic heterocycles. The van der Waals surface area contributed by atoms with Gasteiger partial charge in [0.2, 0.25) is 0 Å². The van der Waals surface area contributed by atoms with Crippen molar-refractivity contribution in [1.29, 1.82) is 0 Å². The Bertz CT molecular complexity index is 270. The van der Waals surface area contributed by atoms with Crippen LogP contribution in [0, 0.1) is 0 Å². The van der Waals surface area contributed by atoms with Gasteiger partial charge in [0.15, 0.2) is 0 Å². The summed E-state index contributed by atoms with van der Waals surface area (Å²) in [6.45, 7) is 4.16. The van der Waals surface area contributed by atoms with Crippen LogP contribution in [0.15, 0.2) is 0 Å². The molecule has 0 heterocycles. The fraction of sp³-hybridized carbons (Fsp3) is 0.952. The number of carbonyl (C=O) groups excluding carboxylic acids is 1. The molecule has 0 aliphatic heterocycles. The van der Waals surface area contributed by atoms with Crippen LogP contribution in [0.4, 0.5) is 0 Å². The first-order valence-corrected chi connectivity index (χ1v) is 10.5. The van der Waals surface area contributed by atoms with Gasteiger partial charge in [-0.25, -0.2) is 4.79 Å². The van der Waals surface area contributed by atoms with Gasteiger partial charge in [0.25, 0.3) is 0 Å². The molecule has 3 nitrogen and oxygen atoms in total. The van der Waals surface area contributed by atoms with Crippen LogP contribution >= 0.6 is 0 Å². The number of hydrogen-bond acceptors (Lipinski definition) is 3. The molecule has 146 valence electrons. The number of aliphatic hydroxyl groups excluding tert-OH is 1. The molecule has 0 bridgehead atoms. The standard InChI is InChI=1S/C21H42O3.Cs.H/c1-3-4-5-6-7-8-9-10-11-12-13-14-15-16-17-18-19-24-21(23)20(2)22;;/h20,22H,3-19H2,1-2H3;;. The van der Waals surface area contributed by atoms with Crippen molar-refractivity contribution in [3.63, 3.8) is 0 Å². The van der Waals surface area contributed by atoms with E-state index in [0.717, 1.165) is 12.8 Å². The third kappa shape index (κ3) is 23.4. The third-order valence-electron chi connectivity index (χ3n) is 4.58. The number of carbonyl (C=O) groups is 1. The molecule has 0 saturated heterocycles. The van der Waals surface area contributed by atoms with E-state index < -0.39 is 12.1 Å². The van der Waals surface area contributed by atoms with Gasteiger partial charge in [-0.2, -0.15) is 0 Å². The molecule has 4 heteroatoms. The van der Waals surface area contributed by atoms with Gasteiger partial charge in [0, 0.05) is 0 Å². The summed E-state index contributed by atoms with van der Waals surface area (Å²) < 4.78 is 4.93. The molecule has 0 aromatic rings. The third-order valence-corrected chi connectivity index (χ3v) is 4.58. The molecule has 25 heavy (non-hydrogen) atoms. The minimum absolute atomic E-state index is 0. The van der Waals surface area contributed by atoms with Crippen LogP contribution in [-0.2, 0) is 9.53 Å². The van der Waals surface area contributed by atoms with E-state index in [2.05, 4.69) is 6.92 Å². The van der Waals surface area contributed by atoms with Crippen molar-refractivity contribution in [2.45, 2.75) is 123 Å². The van der Waals surface area contributed by atoms with E-state index in [-0.39, 0.29) is 68.9 Å². The maximum atomic E-state index is 11.0. The van der Waals surface area contributed by atoms with E-state index in [0.29, 0.717) is 6.61 Å². The van der Waals surface area contributed by atoms with Gasteiger partial charge in [0.1, 0.15) is 6.10 Å². The first-order chi connectivity index (χ1) is 11.7. The summed E-state index contributed by atoms with van der Waals surface area (Å²) in [6.07, 6.45) is 20.4. The van der Waals surface area contributed by atoms with Gasteiger partial charge >= 0.3 is 74.9 Å². The molecular formula is C21H43CsO3. The Morgan fingerprint density at radius 3 is 1.36 bits per heavy atom. The van der Waals surface area contributed by atoms with Crippen LogP contribution in [0.5, 0.6) is 0 Å². The summed E-state index contributed by atoms with van der Waals surface area (Å²) in [7, 11) is 0. The fourth-order valence-corrected chi connectivity index (χ4v) is 2.94. The Labute approximate surface area is 215 Å². The van der Waals surface area contributed by atoms with E-state index >= 15 is 0 Å². The monoisotopic (exact) mass is 476 g/mol. The quantitative estimate of drug-likeness (QED) is 0.209. The SMILES string of the molecule is CCCCCCCCCCCCCCCCCCOC(=O)C(C)O.[CsH]. The van der Waals surface area contributed by atoms with Crippen LogP contribution in [0.1, 0.15) is 117 Å². The van der Waals surface area contributed by atoms with Gasteiger partial charge in [-0.15, -0.1) is 0 Å². The minimum atomic E-state index is -0.994. The van der Waals surface area contributed by atoms with Crippen molar-refractivity contribution >= 4 is 74.9 Å². The zero-order chi connectivity index (χ0) is 17.9. The predicted octanol–water partition coefficient (Wildman–Crippen LogP) is 5.52. The Hall–Kier alpha value is 1.48. The van der Waals surface area contributed by atoms with Crippen LogP contribution in [0.2, 0.25) is 0 Å². The molecular weight excluding hydrogens is 433 g/mol. The van der Waals surface area contributed by atoms with Crippen molar-refractivity contribution in [3.05, 3.63) is 0 Å². The Kier molecular flexibility index (Phi) is 27.0. The van der Waals surface area contributed by atoms with Crippen LogP contribution in [0.25, 0.3) is 0 Å². The zero-order valence-corrected chi connectivity index (χ0v) is 16.4. The first kappa shape index (κ1) is 28.7. The normalized spacial score (nSPS) is 11.8. The van der Waals surface area contributed by atoms with Crippen LogP contribution < -0.4 is 0 Å². The average molecular weight is 476 g/mol. The van der Waals surface area contributed by atoms with Gasteiger partial charge in [-0.05, 0) is 13.3 Å². The topological polar surface area (TPSA) is 46.5 Å². The fourth-order valence-electron chi connectivity index (χ4n) is 2.94. The number of aliphatic hydroxyl groups is 1. The molecule has 1 unspecified atom stereocenters. The van der Waals surface area contributed by atoms with E-state index in [1.54, 1.807) is 0 Å². The molecule has 1 N–H and O–H groups in total. The second-order valence-electron chi connectivity index (χ2n) is 7.15. The summed E-state index contributed by atoms with van der Waals surface area (Å²) in [4.78, 5) is 11.0. The summed E-state index contributed by atoms with van der Waals surface area (Å²) in [6, 6.07) is 0. The maximum absolute atomic E-state index is 11.0. The van der Waals surface area contributed by atoms with Crippen molar-refractivity contribution < 1.29 is 14.6 Å². The summed E-state index contributed by atoms with van der Waals surface area (Å²) in [5.74, 6) is -0.504. The molecule has 0 aliphatic rings. The summed E-state index contributed by atoms with van der Waals surface area (Å²) >= 11 is 0. The predicted molar refractivity (Wildman–Crippen MR) is 109 cm³/mol. The molecule has 0 radical (unpaired) electrons. The van der Waals surface area contributed by atoms with Gasteiger partial charge in [-0.3, -0.25) is 0 Å². The molecule has 0 aromatic carbocycles. The first-order valence-electron chi connectivity index (χ1n) is 10.5. The molecule has 0 spiro atoms. The number of hydrogen-bond donors (Lipinski definition) is 1. The van der Waals surface area contributed by atoms with E-state index in [4.69, 9.17) is 9.84 Å². The number of rotatable bonds is 18. The van der Waals surface area contributed by atoms with E-state index in [1.807, 2.05) is 0 Å². The molecule has 0 fully saturated rings. The van der Waals surface area contributed by atoms with E-state index in [9.17, 15) is 4.79 Å². The summed E-state index contributed by atoms with van der Waals surface area (Å²) in [5.41, 5.74) is 0. The molecule has 0 saturated carbocycles. The van der Waals surface area contributed by atoms with Crippen LogP contribution in [0.3, 0.4) is 0 Å². The second-order valence-corrected chi connectivity index (χ2v) is 7.15. The van der Waals surface area contributed by atoms with Gasteiger partial charge in [-0.1, -0.05) is 103 Å². The molecule has 0 amide bonds. The van der Waals surface area contributed by atoms with E-state index in [1.165, 1.54) is 96.8 Å². The summed E-state index contributed by atoms with van der Waals surface area (Å²) in [5, 5.41) is 8.98. The molecule has 0 aliphatic carbocycles. The second kappa shape index (κ2) is 23.5. The van der Waals surface area contributed by atoms with Gasteiger partial charge in [0.05, 0.1) is 6.61 Å². The number of ether oxygens (including phenoxy) is 1.